The summed E-state index contributed by atoms with van der Waals surface area (Å²) < 4.78 is 11.8. The Bertz CT molecular complexity index is 999. The van der Waals surface area contributed by atoms with Gasteiger partial charge in [0.2, 0.25) is 5.88 Å². The average Bonchev–Trinajstić information content (AvgIpc) is 3.18. The molecule has 7 heteroatoms. The van der Waals surface area contributed by atoms with Crippen LogP contribution < -0.4 is 14.4 Å². The van der Waals surface area contributed by atoms with E-state index < -0.39 is 0 Å². The van der Waals surface area contributed by atoms with Crippen LogP contribution in [0.2, 0.25) is 10.0 Å². The van der Waals surface area contributed by atoms with Gasteiger partial charge in [0.1, 0.15) is 22.6 Å². The zero-order valence-electron chi connectivity index (χ0n) is 15.6. The third kappa shape index (κ3) is 4.75. The number of halogens is 2. The van der Waals surface area contributed by atoms with Gasteiger partial charge in [-0.2, -0.15) is 0 Å². The van der Waals surface area contributed by atoms with Gasteiger partial charge >= 0.3 is 0 Å². The van der Waals surface area contributed by atoms with Crippen molar-refractivity contribution in [3.05, 3.63) is 76.4 Å². The molecule has 1 N–H and O–H groups in total. The summed E-state index contributed by atoms with van der Waals surface area (Å²) in [4.78, 5) is 6.38. The Morgan fingerprint density at radius 3 is 2.72 bits per heavy atom. The topological polar surface area (TPSA) is 54.8 Å². The smallest absolute Gasteiger partial charge is 0.232 e. The van der Waals surface area contributed by atoms with Crippen molar-refractivity contribution in [1.82, 2.24) is 4.98 Å². The lowest BCUT2D eigenvalue weighted by Crippen LogP contribution is -2.25. The van der Waals surface area contributed by atoms with Crippen LogP contribution in [0.4, 0.5) is 5.69 Å². The average molecular weight is 431 g/mol. The highest BCUT2D eigenvalue weighted by atomic mass is 35.5. The molecule has 0 amide bonds. The summed E-state index contributed by atoms with van der Waals surface area (Å²) in [6, 6.07) is 16.4. The molecule has 0 spiro atoms. The molecule has 1 fully saturated rings. The fourth-order valence-electron chi connectivity index (χ4n) is 3.39. The molecule has 0 radical (unpaired) electrons. The molecule has 3 aromatic rings. The first-order chi connectivity index (χ1) is 14.1. The maximum atomic E-state index is 9.89. The van der Waals surface area contributed by atoms with Gasteiger partial charge in [-0.1, -0.05) is 29.3 Å². The van der Waals surface area contributed by atoms with Crippen LogP contribution in [-0.2, 0) is 6.61 Å². The molecule has 0 unspecified atom stereocenters. The predicted octanol–water partition coefficient (Wildman–Crippen LogP) is 5.33. The molecule has 0 bridgehead atoms. The van der Waals surface area contributed by atoms with Crippen LogP contribution in [0.5, 0.6) is 17.4 Å². The van der Waals surface area contributed by atoms with E-state index >= 15 is 0 Å². The molecule has 0 saturated carbocycles. The molecule has 4 rings (SSSR count). The van der Waals surface area contributed by atoms with Crippen molar-refractivity contribution < 1.29 is 14.6 Å². The Kier molecular flexibility index (Phi) is 6.09. The summed E-state index contributed by atoms with van der Waals surface area (Å²) in [5, 5.41) is 11.0. The highest BCUT2D eigenvalue weighted by Gasteiger charge is 2.26. The number of ether oxygens (including phenoxy) is 2. The number of aliphatic hydroxyl groups is 1. The summed E-state index contributed by atoms with van der Waals surface area (Å²) in [5.74, 6) is 1.75. The van der Waals surface area contributed by atoms with Gasteiger partial charge < -0.3 is 19.5 Å². The van der Waals surface area contributed by atoms with Gasteiger partial charge in [0.05, 0.1) is 13.2 Å². The Labute approximate surface area is 179 Å². The second-order valence-electron chi connectivity index (χ2n) is 6.77. The van der Waals surface area contributed by atoms with Gasteiger partial charge in [-0.25, -0.2) is 4.98 Å². The van der Waals surface area contributed by atoms with Gasteiger partial charge in [-0.15, -0.1) is 0 Å². The number of aliphatic hydroxyl groups excluding tert-OH is 1. The zero-order valence-corrected chi connectivity index (χ0v) is 17.1. The molecule has 2 heterocycles. The lowest BCUT2D eigenvalue weighted by molar-refractivity contribution is 0.216. The minimum Gasteiger partial charge on any atom is -0.471 e. The van der Waals surface area contributed by atoms with Crippen LogP contribution in [0.1, 0.15) is 12.0 Å². The first kappa shape index (κ1) is 19.8. The van der Waals surface area contributed by atoms with E-state index in [-0.39, 0.29) is 12.7 Å². The molecule has 29 heavy (non-hydrogen) atoms. The Balaban J connectivity index is 1.46. The number of hydrogen-bond donors (Lipinski definition) is 1. The van der Waals surface area contributed by atoms with Gasteiger partial charge in [-0.3, -0.25) is 0 Å². The second kappa shape index (κ2) is 8.91. The summed E-state index contributed by atoms with van der Waals surface area (Å²) in [6.45, 7) is 1.42. The standard InChI is InChI=1S/C22H20Cl2N2O3/c23-16-3-1-4-17(12-16)28-18-6-7-21(15(11-18)14-27)26-10-8-19(13-26)29-22-20(24)5-2-9-25-22/h1-7,9,11-12,19,27H,8,10,13-14H2/t19-/m0/s1. The van der Waals surface area contributed by atoms with Crippen molar-refractivity contribution in [2.75, 3.05) is 18.0 Å². The summed E-state index contributed by atoms with van der Waals surface area (Å²) in [7, 11) is 0. The van der Waals surface area contributed by atoms with Crippen molar-refractivity contribution in [3.63, 3.8) is 0 Å². The maximum absolute atomic E-state index is 9.89. The fraction of sp³-hybridized carbons (Fsp3) is 0.227. The van der Waals surface area contributed by atoms with Crippen molar-refractivity contribution in [2.24, 2.45) is 0 Å². The summed E-state index contributed by atoms with van der Waals surface area (Å²) in [6.07, 6.45) is 2.49. The number of anilines is 1. The molecule has 1 aliphatic heterocycles. The predicted molar refractivity (Wildman–Crippen MR) is 114 cm³/mol. The van der Waals surface area contributed by atoms with E-state index in [9.17, 15) is 5.11 Å². The Morgan fingerprint density at radius 2 is 1.93 bits per heavy atom. The van der Waals surface area contributed by atoms with E-state index in [0.717, 1.165) is 24.2 Å². The summed E-state index contributed by atoms with van der Waals surface area (Å²) in [5.41, 5.74) is 1.75. The zero-order chi connectivity index (χ0) is 20.2. The van der Waals surface area contributed by atoms with E-state index in [1.165, 1.54) is 0 Å². The molecule has 1 aliphatic rings. The van der Waals surface area contributed by atoms with Crippen molar-refractivity contribution in [2.45, 2.75) is 19.1 Å². The third-order valence-corrected chi connectivity index (χ3v) is 5.26. The first-order valence-corrected chi connectivity index (χ1v) is 10.1. The number of aromatic nitrogens is 1. The number of nitrogens with zero attached hydrogens (tertiary/aromatic N) is 2. The molecule has 0 aliphatic carbocycles. The molecular formula is C22H20Cl2N2O3. The van der Waals surface area contributed by atoms with Crippen LogP contribution in [0.25, 0.3) is 0 Å². The quantitative estimate of drug-likeness (QED) is 0.572. The SMILES string of the molecule is OCc1cc(Oc2cccc(Cl)c2)ccc1N1CC[C@H](Oc2ncccc2Cl)C1. The molecule has 1 atom stereocenters. The highest BCUT2D eigenvalue weighted by Crippen LogP contribution is 2.32. The van der Waals surface area contributed by atoms with Crippen LogP contribution in [0, 0.1) is 0 Å². The van der Waals surface area contributed by atoms with Gasteiger partial charge in [0.25, 0.3) is 0 Å². The van der Waals surface area contributed by atoms with Gasteiger partial charge in [0.15, 0.2) is 0 Å². The van der Waals surface area contributed by atoms with Crippen molar-refractivity contribution in [1.29, 1.82) is 0 Å². The van der Waals surface area contributed by atoms with Crippen molar-refractivity contribution >= 4 is 28.9 Å². The molecular weight excluding hydrogens is 411 g/mol. The Morgan fingerprint density at radius 1 is 1.07 bits per heavy atom. The van der Waals surface area contributed by atoms with E-state index in [0.29, 0.717) is 34.0 Å². The van der Waals surface area contributed by atoms with E-state index in [4.69, 9.17) is 32.7 Å². The maximum Gasteiger partial charge on any atom is 0.232 e. The lowest BCUT2D eigenvalue weighted by Gasteiger charge is -2.22. The number of rotatable bonds is 6. The van der Waals surface area contributed by atoms with E-state index in [1.807, 2.05) is 30.3 Å². The van der Waals surface area contributed by atoms with Crippen LogP contribution in [0.3, 0.4) is 0 Å². The van der Waals surface area contributed by atoms with Gasteiger partial charge in [0, 0.05) is 35.4 Å². The molecule has 1 aromatic heterocycles. The lowest BCUT2D eigenvalue weighted by atomic mass is 10.1. The Hall–Kier alpha value is -2.47. The van der Waals surface area contributed by atoms with E-state index in [1.54, 1.807) is 30.5 Å². The third-order valence-electron chi connectivity index (χ3n) is 4.74. The number of hydrogen-bond acceptors (Lipinski definition) is 5. The molecule has 2 aromatic carbocycles. The van der Waals surface area contributed by atoms with E-state index in [2.05, 4.69) is 9.88 Å². The minimum atomic E-state index is -0.0871. The highest BCUT2D eigenvalue weighted by molar-refractivity contribution is 6.31. The largest absolute Gasteiger partial charge is 0.471 e. The number of pyridine rings is 1. The normalized spacial score (nSPS) is 16.1. The van der Waals surface area contributed by atoms with Crippen LogP contribution in [-0.4, -0.2) is 29.3 Å². The summed E-state index contributed by atoms with van der Waals surface area (Å²) >= 11 is 12.2. The van der Waals surface area contributed by atoms with Crippen LogP contribution >= 0.6 is 23.2 Å². The number of benzene rings is 2. The van der Waals surface area contributed by atoms with Gasteiger partial charge in [-0.05, 0) is 48.5 Å². The molecule has 5 nitrogen and oxygen atoms in total. The monoisotopic (exact) mass is 430 g/mol. The second-order valence-corrected chi connectivity index (χ2v) is 7.62. The molecule has 150 valence electrons. The van der Waals surface area contributed by atoms with Crippen molar-refractivity contribution in [3.8, 4) is 17.4 Å². The minimum absolute atomic E-state index is 0.0173. The fourth-order valence-corrected chi connectivity index (χ4v) is 3.73. The first-order valence-electron chi connectivity index (χ1n) is 9.31. The molecule has 1 saturated heterocycles. The van der Waals surface area contributed by atoms with Crippen LogP contribution in [0.15, 0.2) is 60.8 Å².